The van der Waals surface area contributed by atoms with Gasteiger partial charge in [-0.2, -0.15) is 0 Å². The molecule has 0 saturated carbocycles. The molecular formula is C13H9N2O. The first kappa shape index (κ1) is 10.2. The van der Waals surface area contributed by atoms with Crippen LogP contribution in [-0.2, 0) is 0 Å². The highest BCUT2D eigenvalue weighted by Gasteiger charge is 1.97. The van der Waals surface area contributed by atoms with Crippen molar-refractivity contribution in [3.05, 3.63) is 55.2 Å². The first-order valence-corrected chi connectivity index (χ1v) is 4.71. The summed E-state index contributed by atoms with van der Waals surface area (Å²) in [6.45, 7) is 3.46. The molecule has 2 rings (SSSR count). The summed E-state index contributed by atoms with van der Waals surface area (Å²) in [6.07, 6.45) is 3.26. The van der Waals surface area contributed by atoms with Gasteiger partial charge in [-0.15, -0.1) is 0 Å². The summed E-state index contributed by atoms with van der Waals surface area (Å²) in [6, 6.07) is 9.41. The number of nitrogens with zero attached hydrogens (tertiary/aromatic N) is 2. The Labute approximate surface area is 94.1 Å². The Morgan fingerprint density at radius 3 is 2.38 bits per heavy atom. The minimum atomic E-state index is 0.332. The summed E-state index contributed by atoms with van der Waals surface area (Å²) in [5, 5.41) is 0. The monoisotopic (exact) mass is 209 g/mol. The second-order valence-corrected chi connectivity index (χ2v) is 2.96. The van der Waals surface area contributed by atoms with Crippen molar-refractivity contribution in [2.24, 2.45) is 0 Å². The van der Waals surface area contributed by atoms with E-state index in [0.29, 0.717) is 11.8 Å². The van der Waals surface area contributed by atoms with Gasteiger partial charge in [0, 0.05) is 24.9 Å². The average Bonchev–Trinajstić information content (AvgIpc) is 2.33. The van der Waals surface area contributed by atoms with Crippen LogP contribution in [0.2, 0.25) is 0 Å². The Balaban J connectivity index is 2.13. The molecule has 0 saturated heterocycles. The molecule has 1 radical (unpaired) electrons. The second kappa shape index (κ2) is 4.94. The quantitative estimate of drug-likeness (QED) is 0.712. The Morgan fingerprint density at radius 1 is 1.06 bits per heavy atom. The summed E-state index contributed by atoms with van der Waals surface area (Å²) in [5.74, 6) is 6.12. The molecule has 0 aliphatic rings. The molecule has 0 amide bonds. The van der Waals surface area contributed by atoms with Gasteiger partial charge in [0.2, 0.25) is 0 Å². The van der Waals surface area contributed by atoms with Gasteiger partial charge in [-0.3, -0.25) is 0 Å². The van der Waals surface area contributed by atoms with Crippen molar-refractivity contribution >= 4 is 0 Å². The number of hydrogen-bond donors (Lipinski definition) is 0. The van der Waals surface area contributed by atoms with Crippen LogP contribution in [0.4, 0.5) is 0 Å². The molecule has 1 heterocycles. The molecule has 77 valence electrons. The van der Waals surface area contributed by atoms with Crippen LogP contribution in [0.1, 0.15) is 5.56 Å². The number of ether oxygens (including phenoxy) is 1. The van der Waals surface area contributed by atoms with E-state index in [0.717, 1.165) is 5.56 Å². The van der Waals surface area contributed by atoms with Crippen LogP contribution >= 0.6 is 0 Å². The lowest BCUT2D eigenvalue weighted by Gasteiger charge is -2.02. The number of aromatic nitrogens is 2. The van der Waals surface area contributed by atoms with Gasteiger partial charge in [0.1, 0.15) is 5.75 Å². The van der Waals surface area contributed by atoms with Gasteiger partial charge in [-0.05, 0) is 30.3 Å². The van der Waals surface area contributed by atoms with Crippen molar-refractivity contribution in [1.29, 1.82) is 0 Å². The minimum Gasteiger partial charge on any atom is -0.424 e. The standard InChI is InChI=1S/C13H9N2O/c1-2-4-11-5-7-12(8-6-11)16-13-14-9-3-10-15-13/h3,5-10H,1H2. The van der Waals surface area contributed by atoms with E-state index >= 15 is 0 Å². The predicted molar refractivity (Wildman–Crippen MR) is 60.8 cm³/mol. The molecule has 0 bridgehead atoms. The van der Waals surface area contributed by atoms with E-state index in [9.17, 15) is 0 Å². The van der Waals surface area contributed by atoms with E-state index in [1.54, 1.807) is 18.5 Å². The van der Waals surface area contributed by atoms with Crippen LogP contribution in [0.15, 0.2) is 42.7 Å². The Bertz CT molecular complexity index is 509. The smallest absolute Gasteiger partial charge is 0.321 e. The van der Waals surface area contributed by atoms with Crippen molar-refractivity contribution in [3.8, 4) is 23.6 Å². The van der Waals surface area contributed by atoms with Gasteiger partial charge >= 0.3 is 6.01 Å². The zero-order valence-electron chi connectivity index (χ0n) is 8.55. The molecule has 0 atom stereocenters. The van der Waals surface area contributed by atoms with Crippen LogP contribution in [0, 0.1) is 18.8 Å². The maximum atomic E-state index is 5.43. The van der Waals surface area contributed by atoms with Crippen LogP contribution in [-0.4, -0.2) is 9.97 Å². The van der Waals surface area contributed by atoms with Crippen molar-refractivity contribution < 1.29 is 4.74 Å². The van der Waals surface area contributed by atoms with Gasteiger partial charge in [0.25, 0.3) is 0 Å². The highest BCUT2D eigenvalue weighted by molar-refractivity contribution is 5.39. The van der Waals surface area contributed by atoms with E-state index in [1.807, 2.05) is 24.3 Å². The first-order valence-electron chi connectivity index (χ1n) is 4.71. The second-order valence-electron chi connectivity index (χ2n) is 2.96. The Kier molecular flexibility index (Phi) is 3.15. The lowest BCUT2D eigenvalue weighted by Crippen LogP contribution is -1.89. The molecule has 0 aliphatic carbocycles. The number of benzene rings is 1. The largest absolute Gasteiger partial charge is 0.424 e. The zero-order chi connectivity index (χ0) is 11.2. The highest BCUT2D eigenvalue weighted by atomic mass is 16.5. The summed E-state index contributed by atoms with van der Waals surface area (Å²) in [7, 11) is 0. The Hall–Kier alpha value is -2.34. The minimum absolute atomic E-state index is 0.332. The summed E-state index contributed by atoms with van der Waals surface area (Å²) < 4.78 is 5.43. The van der Waals surface area contributed by atoms with E-state index < -0.39 is 0 Å². The third-order valence-electron chi connectivity index (χ3n) is 1.84. The maximum Gasteiger partial charge on any atom is 0.321 e. The third kappa shape index (κ3) is 2.58. The van der Waals surface area contributed by atoms with Gasteiger partial charge in [0.15, 0.2) is 0 Å². The zero-order valence-corrected chi connectivity index (χ0v) is 8.55. The van der Waals surface area contributed by atoms with Gasteiger partial charge in [-0.25, -0.2) is 9.97 Å². The van der Waals surface area contributed by atoms with Crippen LogP contribution in [0.3, 0.4) is 0 Å². The predicted octanol–water partition coefficient (Wildman–Crippen LogP) is 2.45. The normalized spacial score (nSPS) is 9.06. The van der Waals surface area contributed by atoms with Crippen LogP contribution in [0.25, 0.3) is 0 Å². The molecule has 0 fully saturated rings. The molecule has 0 spiro atoms. The topological polar surface area (TPSA) is 35.0 Å². The molecule has 3 heteroatoms. The molecule has 16 heavy (non-hydrogen) atoms. The van der Waals surface area contributed by atoms with Crippen molar-refractivity contribution in [1.82, 2.24) is 9.97 Å². The molecule has 2 aromatic rings. The third-order valence-corrected chi connectivity index (χ3v) is 1.84. The molecule has 0 unspecified atom stereocenters. The van der Waals surface area contributed by atoms with Gasteiger partial charge in [0.05, 0.1) is 0 Å². The maximum absolute atomic E-state index is 5.43. The van der Waals surface area contributed by atoms with Crippen molar-refractivity contribution in [3.63, 3.8) is 0 Å². The highest BCUT2D eigenvalue weighted by Crippen LogP contribution is 2.16. The van der Waals surface area contributed by atoms with Crippen molar-refractivity contribution in [2.45, 2.75) is 0 Å². The molecule has 0 aliphatic heterocycles. The fourth-order valence-electron chi connectivity index (χ4n) is 1.15. The molecule has 1 aromatic heterocycles. The lowest BCUT2D eigenvalue weighted by molar-refractivity contribution is 0.442. The SMILES string of the molecule is [CH2]C#Cc1ccc(Oc2ncccn2)cc1. The summed E-state index contributed by atoms with van der Waals surface area (Å²) >= 11 is 0. The molecule has 0 N–H and O–H groups in total. The van der Waals surface area contributed by atoms with Crippen LogP contribution < -0.4 is 4.74 Å². The van der Waals surface area contributed by atoms with Gasteiger partial charge < -0.3 is 4.74 Å². The van der Waals surface area contributed by atoms with E-state index in [4.69, 9.17) is 4.74 Å². The summed E-state index contributed by atoms with van der Waals surface area (Å²) in [5.41, 5.74) is 0.899. The summed E-state index contributed by atoms with van der Waals surface area (Å²) in [4.78, 5) is 7.92. The lowest BCUT2D eigenvalue weighted by atomic mass is 10.2. The molecule has 3 nitrogen and oxygen atoms in total. The average molecular weight is 209 g/mol. The molecular weight excluding hydrogens is 200 g/mol. The van der Waals surface area contributed by atoms with E-state index in [1.165, 1.54) is 0 Å². The Morgan fingerprint density at radius 2 is 1.75 bits per heavy atom. The van der Waals surface area contributed by atoms with Crippen molar-refractivity contribution in [2.75, 3.05) is 0 Å². The van der Waals surface area contributed by atoms with E-state index in [2.05, 4.69) is 28.7 Å². The first-order chi connectivity index (χ1) is 7.88. The number of hydrogen-bond acceptors (Lipinski definition) is 3. The van der Waals surface area contributed by atoms with Crippen LogP contribution in [0.5, 0.6) is 11.8 Å². The van der Waals surface area contributed by atoms with E-state index in [-0.39, 0.29) is 0 Å². The fraction of sp³-hybridized carbons (Fsp3) is 0. The fourth-order valence-corrected chi connectivity index (χ4v) is 1.15. The number of rotatable bonds is 2. The molecule has 1 aromatic carbocycles. The van der Waals surface area contributed by atoms with Gasteiger partial charge in [-0.1, -0.05) is 11.8 Å².